The topological polar surface area (TPSA) is 66.4 Å². The minimum absolute atomic E-state index is 0.193. The number of benzene rings is 1. The lowest BCUT2D eigenvalue weighted by atomic mass is 10.1. The molecule has 6 heteroatoms. The number of halogens is 2. The number of nitrogens with one attached hydrogen (secondary N) is 1. The summed E-state index contributed by atoms with van der Waals surface area (Å²) in [5.74, 6) is 0.738. The third-order valence-electron chi connectivity index (χ3n) is 2.15. The average Bonchev–Trinajstić information content (AvgIpc) is 2.30. The number of carboxylic acids is 1. The molecular formula is C13H11F2NO3. The van der Waals surface area contributed by atoms with E-state index >= 15 is 0 Å². The summed E-state index contributed by atoms with van der Waals surface area (Å²) < 4.78 is 26.7. The Morgan fingerprint density at radius 1 is 1.37 bits per heavy atom. The van der Waals surface area contributed by atoms with Crippen molar-refractivity contribution in [3.05, 3.63) is 34.9 Å². The van der Waals surface area contributed by atoms with E-state index in [-0.39, 0.29) is 17.9 Å². The van der Waals surface area contributed by atoms with Gasteiger partial charge in [0.2, 0.25) is 5.91 Å². The second-order valence-electron chi connectivity index (χ2n) is 3.62. The molecule has 2 N–H and O–H groups in total. The molecule has 0 spiro atoms. The molecule has 0 radical (unpaired) electrons. The molecule has 100 valence electrons. The van der Waals surface area contributed by atoms with Crippen LogP contribution >= 0.6 is 0 Å². The first kappa shape index (κ1) is 14.6. The fourth-order valence-corrected chi connectivity index (χ4v) is 1.30. The first-order valence-electron chi connectivity index (χ1n) is 5.38. The summed E-state index contributed by atoms with van der Waals surface area (Å²) >= 11 is 0. The molecule has 0 atom stereocenters. The summed E-state index contributed by atoms with van der Waals surface area (Å²) in [4.78, 5) is 21.2. The Balaban J connectivity index is 2.86. The molecule has 1 aromatic carbocycles. The molecule has 1 rings (SSSR count). The summed E-state index contributed by atoms with van der Waals surface area (Å²) in [5.41, 5.74) is -1.21. The van der Waals surface area contributed by atoms with Crippen LogP contribution in [0.4, 0.5) is 8.78 Å². The van der Waals surface area contributed by atoms with Gasteiger partial charge >= 0.3 is 5.97 Å². The maximum absolute atomic E-state index is 13.6. The highest BCUT2D eigenvalue weighted by Gasteiger charge is 2.18. The lowest BCUT2D eigenvalue weighted by Crippen LogP contribution is -2.20. The third-order valence-corrected chi connectivity index (χ3v) is 2.15. The van der Waals surface area contributed by atoms with Crippen LogP contribution in [0.25, 0.3) is 0 Å². The van der Waals surface area contributed by atoms with Crippen LogP contribution in [-0.2, 0) is 4.79 Å². The van der Waals surface area contributed by atoms with E-state index < -0.39 is 23.2 Å². The van der Waals surface area contributed by atoms with Crippen LogP contribution < -0.4 is 5.32 Å². The number of aromatic carboxylic acids is 1. The van der Waals surface area contributed by atoms with Crippen LogP contribution in [0.1, 0.15) is 29.3 Å². The normalized spacial score (nSPS) is 9.42. The molecule has 0 aromatic heterocycles. The molecule has 0 aliphatic carbocycles. The molecule has 1 amide bonds. The number of carbonyl (C=O) groups excluding carboxylic acids is 1. The van der Waals surface area contributed by atoms with Crippen molar-refractivity contribution >= 4 is 11.9 Å². The highest BCUT2D eigenvalue weighted by molar-refractivity contribution is 5.88. The molecule has 4 nitrogen and oxygen atoms in total. The Bertz CT molecular complexity index is 573. The monoisotopic (exact) mass is 267 g/mol. The molecule has 0 aliphatic rings. The van der Waals surface area contributed by atoms with Crippen molar-refractivity contribution in [2.45, 2.75) is 13.3 Å². The van der Waals surface area contributed by atoms with Crippen LogP contribution in [0, 0.1) is 23.5 Å². The molecule has 0 heterocycles. The predicted molar refractivity (Wildman–Crippen MR) is 63.5 cm³/mol. The quantitative estimate of drug-likeness (QED) is 0.645. The maximum Gasteiger partial charge on any atom is 0.341 e. The Hall–Kier alpha value is -2.42. The molecule has 1 aromatic rings. The maximum atomic E-state index is 13.6. The van der Waals surface area contributed by atoms with E-state index in [1.165, 1.54) is 6.92 Å². The van der Waals surface area contributed by atoms with E-state index in [1.54, 1.807) is 0 Å². The number of carboxylic acid groups (broad SMARTS) is 1. The van der Waals surface area contributed by atoms with Gasteiger partial charge in [-0.1, -0.05) is 11.8 Å². The van der Waals surface area contributed by atoms with E-state index in [1.807, 2.05) is 0 Å². The van der Waals surface area contributed by atoms with Crippen LogP contribution in [0.2, 0.25) is 0 Å². The number of carbonyl (C=O) groups is 2. The van der Waals surface area contributed by atoms with Gasteiger partial charge in [-0.05, 0) is 12.1 Å². The zero-order valence-corrected chi connectivity index (χ0v) is 10.1. The van der Waals surface area contributed by atoms with Gasteiger partial charge in [0.05, 0.1) is 5.56 Å². The fraction of sp³-hybridized carbons (Fsp3) is 0.231. The highest BCUT2D eigenvalue weighted by Crippen LogP contribution is 2.16. The Labute approximate surface area is 108 Å². The smallest absolute Gasteiger partial charge is 0.341 e. The number of hydrogen-bond donors (Lipinski definition) is 2. The lowest BCUT2D eigenvalue weighted by molar-refractivity contribution is -0.118. The van der Waals surface area contributed by atoms with Crippen molar-refractivity contribution in [2.75, 3.05) is 6.54 Å². The standard InChI is InChI=1S/C13H11F2NO3/c1-8(17)16-7-3-2-4-9-5-6-10(14)11(12(9)15)13(18)19/h5-6H,3,7H2,1H3,(H,16,17)(H,18,19). The van der Waals surface area contributed by atoms with E-state index in [0.29, 0.717) is 6.54 Å². The average molecular weight is 267 g/mol. The highest BCUT2D eigenvalue weighted by atomic mass is 19.1. The van der Waals surface area contributed by atoms with Gasteiger partial charge in [0.15, 0.2) is 5.82 Å². The summed E-state index contributed by atoms with van der Waals surface area (Å²) in [7, 11) is 0. The molecule has 0 aliphatic heterocycles. The summed E-state index contributed by atoms with van der Waals surface area (Å²) in [6.45, 7) is 1.66. The third kappa shape index (κ3) is 4.07. The van der Waals surface area contributed by atoms with Crippen molar-refractivity contribution in [3.8, 4) is 11.8 Å². The van der Waals surface area contributed by atoms with Gasteiger partial charge in [0.25, 0.3) is 0 Å². The number of rotatable bonds is 3. The van der Waals surface area contributed by atoms with Gasteiger partial charge in [-0.25, -0.2) is 13.6 Å². The zero-order chi connectivity index (χ0) is 14.4. The van der Waals surface area contributed by atoms with Crippen LogP contribution in [0.3, 0.4) is 0 Å². The van der Waals surface area contributed by atoms with Gasteiger partial charge in [0.1, 0.15) is 11.4 Å². The molecule has 0 saturated heterocycles. The summed E-state index contributed by atoms with van der Waals surface area (Å²) in [6, 6.07) is 1.92. The molecule has 0 saturated carbocycles. The van der Waals surface area contributed by atoms with E-state index in [4.69, 9.17) is 5.11 Å². The first-order valence-corrected chi connectivity index (χ1v) is 5.38. The lowest BCUT2D eigenvalue weighted by Gasteiger charge is -2.01. The van der Waals surface area contributed by atoms with E-state index in [0.717, 1.165) is 12.1 Å². The van der Waals surface area contributed by atoms with Crippen molar-refractivity contribution < 1.29 is 23.5 Å². The summed E-state index contributed by atoms with van der Waals surface area (Å²) in [5, 5.41) is 11.2. The molecule has 0 bridgehead atoms. The molecule has 19 heavy (non-hydrogen) atoms. The number of amides is 1. The Morgan fingerprint density at radius 3 is 2.63 bits per heavy atom. The molecular weight excluding hydrogens is 256 g/mol. The second-order valence-corrected chi connectivity index (χ2v) is 3.62. The predicted octanol–water partition coefficient (Wildman–Crippen LogP) is 1.54. The summed E-state index contributed by atoms with van der Waals surface area (Å²) in [6.07, 6.45) is 0.277. The number of hydrogen-bond acceptors (Lipinski definition) is 2. The SMILES string of the molecule is CC(=O)NCCC#Cc1ccc(F)c(C(=O)O)c1F. The van der Waals surface area contributed by atoms with Gasteiger partial charge in [-0.15, -0.1) is 0 Å². The first-order chi connectivity index (χ1) is 8.93. The van der Waals surface area contributed by atoms with Crippen molar-refractivity contribution in [1.29, 1.82) is 0 Å². The van der Waals surface area contributed by atoms with Gasteiger partial charge in [0, 0.05) is 19.9 Å². The van der Waals surface area contributed by atoms with E-state index in [2.05, 4.69) is 17.2 Å². The zero-order valence-electron chi connectivity index (χ0n) is 10.1. The van der Waals surface area contributed by atoms with Crippen LogP contribution in [0.5, 0.6) is 0 Å². The van der Waals surface area contributed by atoms with Crippen molar-refractivity contribution in [1.82, 2.24) is 5.32 Å². The molecule has 0 unspecified atom stereocenters. The van der Waals surface area contributed by atoms with Crippen LogP contribution in [0.15, 0.2) is 12.1 Å². The van der Waals surface area contributed by atoms with E-state index in [9.17, 15) is 18.4 Å². The second kappa shape index (κ2) is 6.50. The Kier molecular flexibility index (Phi) is 5.01. The van der Waals surface area contributed by atoms with Crippen molar-refractivity contribution in [2.24, 2.45) is 0 Å². The largest absolute Gasteiger partial charge is 0.477 e. The van der Waals surface area contributed by atoms with Crippen LogP contribution in [-0.4, -0.2) is 23.5 Å². The van der Waals surface area contributed by atoms with Gasteiger partial charge in [-0.2, -0.15) is 0 Å². The van der Waals surface area contributed by atoms with Gasteiger partial charge in [-0.3, -0.25) is 4.79 Å². The minimum Gasteiger partial charge on any atom is -0.477 e. The van der Waals surface area contributed by atoms with Gasteiger partial charge < -0.3 is 10.4 Å². The minimum atomic E-state index is -1.68. The Morgan fingerprint density at radius 2 is 2.05 bits per heavy atom. The molecule has 0 fully saturated rings. The van der Waals surface area contributed by atoms with Crippen molar-refractivity contribution in [3.63, 3.8) is 0 Å². The fourth-order valence-electron chi connectivity index (χ4n) is 1.30.